The Bertz CT molecular complexity index is 947. The van der Waals surface area contributed by atoms with Crippen LogP contribution in [-0.4, -0.2) is 0 Å². The topological polar surface area (TPSA) is 9.23 Å². The van der Waals surface area contributed by atoms with Gasteiger partial charge in [-0.1, -0.05) is 92.0 Å². The average molecular weight is 352 g/mol. The second-order valence-electron chi connectivity index (χ2n) is 7.20. The molecule has 1 heteroatoms. The van der Waals surface area contributed by atoms with E-state index in [4.69, 9.17) is 4.74 Å². The minimum absolute atomic E-state index is 0.572. The molecule has 0 bridgehead atoms. The third-order valence-corrected chi connectivity index (χ3v) is 5.52. The molecule has 3 aromatic rings. The molecule has 0 unspecified atom stereocenters. The van der Waals surface area contributed by atoms with Gasteiger partial charge in [-0.15, -0.1) is 0 Å². The summed E-state index contributed by atoms with van der Waals surface area (Å²) in [5.74, 6) is 0.680. The van der Waals surface area contributed by atoms with E-state index < -0.39 is 5.60 Å². The maximum absolute atomic E-state index is 6.65. The van der Waals surface area contributed by atoms with E-state index in [2.05, 4.69) is 68.6 Å². The molecule has 0 atom stereocenters. The Hall–Kier alpha value is -3.06. The smallest absolute Gasteiger partial charge is 0.157 e. The van der Waals surface area contributed by atoms with Crippen molar-refractivity contribution in [3.63, 3.8) is 0 Å². The summed E-state index contributed by atoms with van der Waals surface area (Å²) < 4.78 is 6.65. The van der Waals surface area contributed by atoms with Crippen LogP contribution in [0.5, 0.6) is 0 Å². The van der Waals surface area contributed by atoms with Crippen LogP contribution in [0.2, 0.25) is 0 Å². The molecule has 0 spiro atoms. The first-order valence-corrected chi connectivity index (χ1v) is 9.39. The van der Waals surface area contributed by atoms with E-state index in [-0.39, 0.29) is 0 Å². The highest BCUT2D eigenvalue weighted by molar-refractivity contribution is 5.62. The number of hydrogen-bond acceptors (Lipinski definition) is 1. The fourth-order valence-electron chi connectivity index (χ4n) is 4.04. The zero-order valence-corrected chi connectivity index (χ0v) is 15.7. The van der Waals surface area contributed by atoms with Gasteiger partial charge in [0.05, 0.1) is 0 Å². The second kappa shape index (κ2) is 6.92. The molecule has 1 aliphatic carbocycles. The molecule has 0 heterocycles. The van der Waals surface area contributed by atoms with Crippen molar-refractivity contribution in [3.05, 3.63) is 119 Å². The second-order valence-corrected chi connectivity index (χ2v) is 7.20. The van der Waals surface area contributed by atoms with E-state index in [0.29, 0.717) is 5.76 Å². The van der Waals surface area contributed by atoms with Crippen LogP contribution in [0.4, 0.5) is 0 Å². The van der Waals surface area contributed by atoms with Crippen molar-refractivity contribution < 1.29 is 4.74 Å². The van der Waals surface area contributed by atoms with Crippen LogP contribution in [-0.2, 0) is 23.2 Å². The lowest BCUT2D eigenvalue weighted by atomic mass is 9.84. The van der Waals surface area contributed by atoms with Gasteiger partial charge in [0.25, 0.3) is 0 Å². The first-order valence-electron chi connectivity index (χ1n) is 9.39. The molecule has 4 rings (SSSR count). The maximum Gasteiger partial charge on any atom is 0.157 e. The molecule has 3 aromatic carbocycles. The highest BCUT2D eigenvalue weighted by Gasteiger charge is 2.37. The molecule has 1 nitrogen and oxygen atoms in total. The lowest BCUT2D eigenvalue weighted by Gasteiger charge is -2.34. The number of benzene rings is 3. The summed E-state index contributed by atoms with van der Waals surface area (Å²) >= 11 is 0. The highest BCUT2D eigenvalue weighted by atomic mass is 16.5. The minimum atomic E-state index is -0.572. The van der Waals surface area contributed by atoms with Crippen molar-refractivity contribution in [2.24, 2.45) is 0 Å². The van der Waals surface area contributed by atoms with Crippen molar-refractivity contribution in [2.45, 2.75) is 25.4 Å². The van der Waals surface area contributed by atoms with Gasteiger partial charge in [0, 0.05) is 16.7 Å². The Kier molecular flexibility index (Phi) is 4.45. The molecule has 0 aromatic heterocycles. The molecule has 0 radical (unpaired) electrons. The summed E-state index contributed by atoms with van der Waals surface area (Å²) in [5.41, 5.74) is 6.62. The Labute approximate surface area is 161 Å². The van der Waals surface area contributed by atoms with Gasteiger partial charge in [0.1, 0.15) is 5.76 Å². The predicted molar refractivity (Wildman–Crippen MR) is 113 cm³/mol. The van der Waals surface area contributed by atoms with Crippen molar-refractivity contribution in [3.8, 4) is 0 Å². The van der Waals surface area contributed by atoms with Crippen LogP contribution < -0.4 is 0 Å². The molecule has 27 heavy (non-hydrogen) atoms. The predicted octanol–water partition coefficient (Wildman–Crippen LogP) is 6.38. The summed E-state index contributed by atoms with van der Waals surface area (Å²) in [6, 6.07) is 25.4. The monoisotopic (exact) mass is 352 g/mol. The molecule has 0 amide bonds. The van der Waals surface area contributed by atoms with Crippen LogP contribution in [0.15, 0.2) is 86.0 Å². The van der Waals surface area contributed by atoms with Gasteiger partial charge in [0.15, 0.2) is 5.60 Å². The number of fused-ring (bicyclic) bond motifs is 2. The van der Waals surface area contributed by atoms with Gasteiger partial charge in [-0.05, 0) is 36.5 Å². The molecule has 0 saturated heterocycles. The van der Waals surface area contributed by atoms with Crippen LogP contribution in [0.25, 0.3) is 11.8 Å². The van der Waals surface area contributed by atoms with Crippen LogP contribution in [0.3, 0.4) is 0 Å². The molecule has 0 saturated carbocycles. The molecule has 0 aliphatic heterocycles. The Balaban J connectivity index is 1.79. The van der Waals surface area contributed by atoms with Crippen molar-refractivity contribution in [2.75, 3.05) is 0 Å². The van der Waals surface area contributed by atoms with Gasteiger partial charge in [-0.25, -0.2) is 0 Å². The highest BCUT2D eigenvalue weighted by Crippen LogP contribution is 2.42. The summed E-state index contributed by atoms with van der Waals surface area (Å²) in [4.78, 5) is 0. The van der Waals surface area contributed by atoms with Crippen molar-refractivity contribution in [1.82, 2.24) is 0 Å². The lowest BCUT2D eigenvalue weighted by molar-refractivity contribution is 0.0975. The first-order chi connectivity index (χ1) is 13.1. The standard InChI is InChI=1S/C26H24O/c1-4-20-13-15-21(16-14-20)19(2)27-26(3)24-11-7-5-9-22(24)17-18-23-10-6-8-12-25(23)26/h4-16H,1-2,17-18H2,3H3. The fourth-order valence-corrected chi connectivity index (χ4v) is 4.04. The van der Waals surface area contributed by atoms with Gasteiger partial charge < -0.3 is 4.74 Å². The third kappa shape index (κ3) is 3.10. The van der Waals surface area contributed by atoms with Crippen molar-refractivity contribution >= 4 is 11.8 Å². The van der Waals surface area contributed by atoms with Crippen LogP contribution in [0.1, 0.15) is 40.3 Å². The zero-order valence-electron chi connectivity index (χ0n) is 15.7. The molecular weight excluding hydrogens is 328 g/mol. The van der Waals surface area contributed by atoms with Gasteiger partial charge >= 0.3 is 0 Å². The normalized spacial score (nSPS) is 14.4. The van der Waals surface area contributed by atoms with E-state index >= 15 is 0 Å². The number of aryl methyl sites for hydroxylation is 2. The lowest BCUT2D eigenvalue weighted by Crippen LogP contribution is -2.28. The van der Waals surface area contributed by atoms with Gasteiger partial charge in [-0.3, -0.25) is 0 Å². The van der Waals surface area contributed by atoms with E-state index in [0.717, 1.165) is 24.0 Å². The Morgan fingerprint density at radius 3 is 1.89 bits per heavy atom. The van der Waals surface area contributed by atoms with Crippen LogP contribution in [0, 0.1) is 0 Å². The van der Waals surface area contributed by atoms with E-state index in [1.165, 1.54) is 22.3 Å². The molecule has 1 aliphatic rings. The summed E-state index contributed by atoms with van der Waals surface area (Å²) in [6.07, 6.45) is 3.88. The first kappa shape index (κ1) is 17.4. The number of ether oxygens (including phenoxy) is 1. The Morgan fingerprint density at radius 1 is 0.852 bits per heavy atom. The van der Waals surface area contributed by atoms with E-state index in [9.17, 15) is 0 Å². The number of rotatable bonds is 4. The van der Waals surface area contributed by atoms with Gasteiger partial charge in [0.2, 0.25) is 0 Å². The summed E-state index contributed by atoms with van der Waals surface area (Å²) in [5, 5.41) is 0. The third-order valence-electron chi connectivity index (χ3n) is 5.52. The largest absolute Gasteiger partial charge is 0.478 e. The van der Waals surface area contributed by atoms with E-state index in [1.807, 2.05) is 30.3 Å². The number of hydrogen-bond donors (Lipinski definition) is 0. The molecule has 0 fully saturated rings. The van der Waals surface area contributed by atoms with Crippen molar-refractivity contribution in [1.29, 1.82) is 0 Å². The molecule has 134 valence electrons. The zero-order chi connectivity index (χ0) is 18.9. The summed E-state index contributed by atoms with van der Waals surface area (Å²) in [6.45, 7) is 10.2. The van der Waals surface area contributed by atoms with E-state index in [1.54, 1.807) is 0 Å². The SMILES string of the molecule is C=Cc1ccc(C(=C)OC2(C)c3ccccc3CCc3ccccc32)cc1. The fraction of sp³-hybridized carbons (Fsp3) is 0.154. The van der Waals surface area contributed by atoms with Crippen LogP contribution >= 0.6 is 0 Å². The Morgan fingerprint density at radius 2 is 1.37 bits per heavy atom. The molecular formula is C26H24O. The maximum atomic E-state index is 6.65. The average Bonchev–Trinajstić information content (AvgIpc) is 2.84. The minimum Gasteiger partial charge on any atom is -0.478 e. The quantitative estimate of drug-likeness (QED) is 0.495. The van der Waals surface area contributed by atoms with Gasteiger partial charge in [-0.2, -0.15) is 0 Å². The molecule has 0 N–H and O–H groups in total. The summed E-state index contributed by atoms with van der Waals surface area (Å²) in [7, 11) is 0.